The molecule has 17 aromatic rings. The van der Waals surface area contributed by atoms with Gasteiger partial charge >= 0.3 is 0 Å². The van der Waals surface area contributed by atoms with Crippen molar-refractivity contribution < 1.29 is 0 Å². The Hall–Kier alpha value is -7.96. The molecule has 0 heterocycles. The van der Waals surface area contributed by atoms with Gasteiger partial charge in [-0.15, -0.1) is 0 Å². The highest BCUT2D eigenvalue weighted by atomic mass is 79.9. The number of hydrogen-bond acceptors (Lipinski definition) is 0. The molecule has 0 atom stereocenters. The summed E-state index contributed by atoms with van der Waals surface area (Å²) in [6.45, 7) is 0. The van der Waals surface area contributed by atoms with Gasteiger partial charge in [0.15, 0.2) is 0 Å². The normalized spacial score (nSPS) is 12.2. The molecular weight excluding hydrogens is 1230 g/mol. The second-order valence-corrected chi connectivity index (χ2v) is 26.9. The lowest BCUT2D eigenvalue weighted by atomic mass is 9.86. The van der Waals surface area contributed by atoms with Crippen LogP contribution >= 0.6 is 63.7 Å². The Morgan fingerprint density at radius 1 is 0.163 bits per heavy atom. The van der Waals surface area contributed by atoms with Crippen molar-refractivity contribution in [3.8, 4) is 0 Å². The first kappa shape index (κ1) is 46.9. The van der Waals surface area contributed by atoms with Crippen molar-refractivity contribution in [3.63, 3.8) is 0 Å². The minimum absolute atomic E-state index is 0.924. The lowest BCUT2D eigenvalue weighted by Crippen LogP contribution is -2.07. The Kier molecular flexibility index (Phi) is 10.4. The lowest BCUT2D eigenvalue weighted by molar-refractivity contribution is 1.62. The average Bonchev–Trinajstić information content (AvgIpc) is 3.59. The van der Waals surface area contributed by atoms with E-state index >= 15 is 0 Å². The molecule has 0 bridgehead atoms. The van der Waals surface area contributed by atoms with Crippen molar-refractivity contribution in [3.05, 3.63) is 274 Å². The summed E-state index contributed by atoms with van der Waals surface area (Å²) in [5.41, 5.74) is 0. The third-order valence-electron chi connectivity index (χ3n) is 17.3. The molecule has 0 spiro atoms. The summed E-state index contributed by atoms with van der Waals surface area (Å²) in [5, 5.41) is 40.7. The number of benzene rings is 17. The van der Waals surface area contributed by atoms with Crippen LogP contribution in [0.5, 0.6) is 0 Å². The van der Waals surface area contributed by atoms with Crippen LogP contribution in [0.3, 0.4) is 0 Å². The van der Waals surface area contributed by atoms with Gasteiger partial charge in [-0.05, 0) is 332 Å². The zero-order valence-electron chi connectivity index (χ0n) is 42.6. The summed E-state index contributed by atoms with van der Waals surface area (Å²) in [7, 11) is 0. The molecule has 0 amide bonds. The van der Waals surface area contributed by atoms with E-state index < -0.39 is 0 Å². The Bertz CT molecular complexity index is 5360. The molecule has 0 aromatic heterocycles. The minimum Gasteiger partial charge on any atom is -0.0616 e. The van der Waals surface area contributed by atoms with Gasteiger partial charge in [-0.1, -0.05) is 146 Å². The SMILES string of the molecule is BrC(Br)=c1c2cc3ccccc3cc2c(=c2c3cc4cc5ccccc5cc4cc3c(=c3c4cc5ccccc5cc4c(=C(Br)Br)c4cc5ccccc5cc34)c3cc4cc5ccccc5cc4cc23)c2cc3ccccc3cc12. The van der Waals surface area contributed by atoms with E-state index in [1.165, 1.54) is 172 Å². The van der Waals surface area contributed by atoms with E-state index in [0.29, 0.717) is 0 Å². The van der Waals surface area contributed by atoms with Gasteiger partial charge in [-0.3, -0.25) is 0 Å². The van der Waals surface area contributed by atoms with Crippen LogP contribution in [-0.4, -0.2) is 0 Å². The molecule has 4 heteroatoms. The topological polar surface area (TPSA) is 0 Å². The number of rotatable bonds is 0. The van der Waals surface area contributed by atoms with Gasteiger partial charge in [0.2, 0.25) is 0 Å². The first-order chi connectivity index (χ1) is 39.3. The van der Waals surface area contributed by atoms with E-state index in [1.807, 2.05) is 0 Å². The number of hydrogen-bond donors (Lipinski definition) is 0. The van der Waals surface area contributed by atoms with Gasteiger partial charge in [0.1, 0.15) is 0 Å². The van der Waals surface area contributed by atoms with E-state index in [-0.39, 0.29) is 0 Å². The van der Waals surface area contributed by atoms with Gasteiger partial charge in [-0.2, -0.15) is 0 Å². The molecule has 0 nitrogen and oxygen atoms in total. The van der Waals surface area contributed by atoms with E-state index in [2.05, 4.69) is 306 Å². The van der Waals surface area contributed by atoms with Crippen LogP contribution < -0.4 is 10.4 Å². The molecule has 372 valence electrons. The molecule has 0 radical (unpaired) electrons. The molecule has 17 aromatic carbocycles. The molecular formula is C76H40Br4. The summed E-state index contributed by atoms with van der Waals surface area (Å²) in [6, 6.07) is 92.2. The fourth-order valence-electron chi connectivity index (χ4n) is 13.8. The summed E-state index contributed by atoms with van der Waals surface area (Å²) in [5.74, 6) is 0. The second-order valence-electron chi connectivity index (χ2n) is 21.6. The standard InChI is InChI=1S/C76H40Br4/c77-75(78)73-65-33-49-21-9-5-17-45(49)29-57(65)69(58-30-46-18-6-10-22-50(46)34-66(58)73)71-61-37-53-25-41-13-1-2-14-42(41)26-54(53)38-62(61)72(64-40-56-28-44-16-4-3-15-43(44)27-55(56)39-63(64)71)70-59-31-47-19-7-11-23-51(47)35-67(59)74(76(79)80)68-36-52-24-12-8-20-48(52)32-60(68)70/h1-40H. The molecule has 0 fully saturated rings. The Labute approximate surface area is 491 Å². The lowest BCUT2D eigenvalue weighted by Gasteiger charge is -2.17. The fourth-order valence-corrected chi connectivity index (χ4v) is 15.5. The van der Waals surface area contributed by atoms with E-state index in [4.69, 9.17) is 0 Å². The van der Waals surface area contributed by atoms with Gasteiger partial charge in [0.25, 0.3) is 0 Å². The highest BCUT2D eigenvalue weighted by molar-refractivity contribution is 9.34. The highest BCUT2D eigenvalue weighted by Crippen LogP contribution is 2.42. The third kappa shape index (κ3) is 7.02. The quantitative estimate of drug-likeness (QED) is 0.133. The molecule has 0 saturated carbocycles. The Morgan fingerprint density at radius 3 is 0.475 bits per heavy atom. The molecule has 0 N–H and O–H groups in total. The molecule has 0 aliphatic rings. The second kappa shape index (κ2) is 17.8. The van der Waals surface area contributed by atoms with Crippen molar-refractivity contribution in [2.45, 2.75) is 0 Å². The summed E-state index contributed by atoms with van der Waals surface area (Å²) in [4.78, 5) is 0. The van der Waals surface area contributed by atoms with Crippen LogP contribution in [0.4, 0.5) is 0 Å². The number of halogens is 4. The summed E-state index contributed by atoms with van der Waals surface area (Å²) < 4.78 is 1.85. The Balaban J connectivity index is 1.30. The van der Waals surface area contributed by atoms with Crippen LogP contribution in [0.2, 0.25) is 0 Å². The molecule has 80 heavy (non-hydrogen) atoms. The van der Waals surface area contributed by atoms with Crippen molar-refractivity contribution in [1.82, 2.24) is 0 Å². The molecule has 0 unspecified atom stereocenters. The zero-order chi connectivity index (χ0) is 53.1. The number of fused-ring (bicyclic) bond motifs is 14. The first-order valence-electron chi connectivity index (χ1n) is 27.0. The van der Waals surface area contributed by atoms with Crippen molar-refractivity contribution in [2.75, 3.05) is 0 Å². The average molecular weight is 1270 g/mol. The van der Waals surface area contributed by atoms with E-state index in [0.717, 1.165) is 17.2 Å². The van der Waals surface area contributed by atoms with Crippen molar-refractivity contribution in [1.29, 1.82) is 0 Å². The summed E-state index contributed by atoms with van der Waals surface area (Å²) in [6.07, 6.45) is 0. The van der Waals surface area contributed by atoms with Crippen LogP contribution in [0.1, 0.15) is 0 Å². The van der Waals surface area contributed by atoms with Gasteiger partial charge < -0.3 is 0 Å². The van der Waals surface area contributed by atoms with Gasteiger partial charge in [0.05, 0.1) is 6.78 Å². The van der Waals surface area contributed by atoms with Gasteiger partial charge in [0, 0.05) is 10.4 Å². The molecule has 0 aliphatic heterocycles. The van der Waals surface area contributed by atoms with E-state index in [1.54, 1.807) is 0 Å². The van der Waals surface area contributed by atoms with Crippen LogP contribution in [0.15, 0.2) is 243 Å². The minimum atomic E-state index is 0.924. The zero-order valence-corrected chi connectivity index (χ0v) is 48.9. The van der Waals surface area contributed by atoms with Crippen LogP contribution in [-0.2, 0) is 0 Å². The van der Waals surface area contributed by atoms with E-state index in [9.17, 15) is 0 Å². The fraction of sp³-hybridized carbons (Fsp3) is 0. The van der Waals surface area contributed by atoms with Crippen LogP contribution in [0.25, 0.3) is 158 Å². The molecule has 0 aliphatic carbocycles. The Morgan fingerprint density at radius 2 is 0.300 bits per heavy atom. The predicted octanol–water partition coefficient (Wildman–Crippen LogP) is 22.1. The van der Waals surface area contributed by atoms with Crippen molar-refractivity contribution >= 4 is 221 Å². The molecule has 0 saturated heterocycles. The highest BCUT2D eigenvalue weighted by Gasteiger charge is 2.20. The predicted molar refractivity (Wildman–Crippen MR) is 362 cm³/mol. The first-order valence-corrected chi connectivity index (χ1v) is 30.1. The monoisotopic (exact) mass is 1270 g/mol. The smallest absolute Gasteiger partial charge is 0.0616 e. The summed E-state index contributed by atoms with van der Waals surface area (Å²) >= 11 is 16.2. The maximum atomic E-state index is 4.05. The van der Waals surface area contributed by atoms with Gasteiger partial charge in [-0.25, -0.2) is 0 Å². The van der Waals surface area contributed by atoms with Crippen LogP contribution in [0, 0.1) is 20.9 Å². The third-order valence-corrected chi connectivity index (χ3v) is 18.9. The maximum absolute atomic E-state index is 4.05. The molecule has 17 rings (SSSR count). The van der Waals surface area contributed by atoms with Crippen molar-refractivity contribution in [2.24, 2.45) is 0 Å². The largest absolute Gasteiger partial charge is 0.0688 e. The maximum Gasteiger partial charge on any atom is 0.0688 e.